The van der Waals surface area contributed by atoms with Gasteiger partial charge in [-0.2, -0.15) is 10.2 Å². The lowest BCUT2D eigenvalue weighted by Gasteiger charge is -1.87. The van der Waals surface area contributed by atoms with Crippen LogP contribution in [0.15, 0.2) is 18.3 Å². The summed E-state index contributed by atoms with van der Waals surface area (Å²) in [6.07, 6.45) is 1.77. The Balaban J connectivity index is 2.38. The third-order valence-electron chi connectivity index (χ3n) is 1.79. The predicted octanol–water partition coefficient (Wildman–Crippen LogP) is 0.508. The molecule has 0 radical (unpaired) electrons. The molecule has 0 aliphatic carbocycles. The number of nitrogens with one attached hydrogen (secondary N) is 1. The van der Waals surface area contributed by atoms with Crippen LogP contribution in [0.3, 0.4) is 0 Å². The monoisotopic (exact) mass is 192 g/mol. The highest BCUT2D eigenvalue weighted by molar-refractivity contribution is 5.86. The Hall–Kier alpha value is -2.11. The topological polar surface area (TPSA) is 83.8 Å². The quantitative estimate of drug-likeness (QED) is 0.726. The van der Waals surface area contributed by atoms with Crippen LogP contribution in [0.2, 0.25) is 0 Å². The van der Waals surface area contributed by atoms with Gasteiger partial charge >= 0.3 is 5.97 Å². The fourth-order valence-corrected chi connectivity index (χ4v) is 1.12. The average Bonchev–Trinajstić information content (AvgIpc) is 2.70. The van der Waals surface area contributed by atoms with Crippen molar-refractivity contribution in [1.82, 2.24) is 20.0 Å². The summed E-state index contributed by atoms with van der Waals surface area (Å²) < 4.78 is 1.64. The van der Waals surface area contributed by atoms with Crippen LogP contribution in [0.5, 0.6) is 0 Å². The number of carboxylic acid groups (broad SMARTS) is 1. The molecule has 0 atom stereocenters. The zero-order valence-corrected chi connectivity index (χ0v) is 7.43. The zero-order valence-electron chi connectivity index (χ0n) is 7.43. The Bertz CT molecular complexity index is 471. The average molecular weight is 192 g/mol. The maximum absolute atomic E-state index is 10.5. The summed E-state index contributed by atoms with van der Waals surface area (Å²) in [6.45, 7) is 0. The van der Waals surface area contributed by atoms with Gasteiger partial charge in [0.1, 0.15) is 5.69 Å². The number of aromatic nitrogens is 4. The standard InChI is InChI=1S/C8H8N4O2/c1-12-3-2-5(11-12)6-4-7(8(13)14)10-9-6/h2-4H,1H3,(H,9,10)(H,13,14). The van der Waals surface area contributed by atoms with Crippen molar-refractivity contribution in [2.75, 3.05) is 0 Å². The van der Waals surface area contributed by atoms with Crippen LogP contribution in [0.4, 0.5) is 0 Å². The lowest BCUT2D eigenvalue weighted by atomic mass is 10.3. The van der Waals surface area contributed by atoms with Gasteiger partial charge in [0.2, 0.25) is 0 Å². The third-order valence-corrected chi connectivity index (χ3v) is 1.79. The molecule has 0 spiro atoms. The minimum atomic E-state index is -1.05. The molecule has 0 aliphatic heterocycles. The van der Waals surface area contributed by atoms with Crippen LogP contribution >= 0.6 is 0 Å². The Morgan fingerprint density at radius 2 is 2.43 bits per heavy atom. The first-order valence-corrected chi connectivity index (χ1v) is 3.95. The third kappa shape index (κ3) is 1.37. The lowest BCUT2D eigenvalue weighted by molar-refractivity contribution is 0.0690. The van der Waals surface area contributed by atoms with Crippen molar-refractivity contribution in [2.45, 2.75) is 0 Å². The molecule has 2 aromatic rings. The van der Waals surface area contributed by atoms with Gasteiger partial charge in [-0.3, -0.25) is 9.78 Å². The van der Waals surface area contributed by atoms with E-state index in [0.29, 0.717) is 11.4 Å². The highest BCUT2D eigenvalue weighted by Gasteiger charge is 2.10. The first-order chi connectivity index (χ1) is 6.66. The molecule has 2 rings (SSSR count). The Morgan fingerprint density at radius 1 is 1.64 bits per heavy atom. The van der Waals surface area contributed by atoms with E-state index in [0.717, 1.165) is 0 Å². The number of aryl methyl sites for hydroxylation is 1. The van der Waals surface area contributed by atoms with Gasteiger partial charge in [-0.15, -0.1) is 0 Å². The normalized spacial score (nSPS) is 10.4. The molecule has 2 heterocycles. The maximum atomic E-state index is 10.5. The number of nitrogens with zero attached hydrogens (tertiary/aromatic N) is 3. The Morgan fingerprint density at radius 3 is 2.93 bits per heavy atom. The SMILES string of the molecule is Cn1ccc(-c2cc(C(=O)O)n[nH]2)n1. The first-order valence-electron chi connectivity index (χ1n) is 3.95. The van der Waals surface area contributed by atoms with Crippen LogP contribution in [0, 0.1) is 0 Å². The molecule has 72 valence electrons. The van der Waals surface area contributed by atoms with Crippen molar-refractivity contribution in [3.8, 4) is 11.4 Å². The number of aromatic carboxylic acids is 1. The number of aromatic amines is 1. The van der Waals surface area contributed by atoms with Crippen molar-refractivity contribution in [3.63, 3.8) is 0 Å². The second-order valence-electron chi connectivity index (χ2n) is 2.85. The molecule has 0 unspecified atom stereocenters. The summed E-state index contributed by atoms with van der Waals surface area (Å²) in [4.78, 5) is 10.5. The molecule has 0 aliphatic rings. The second kappa shape index (κ2) is 2.99. The van der Waals surface area contributed by atoms with Gasteiger partial charge in [-0.05, 0) is 6.07 Å². The number of carbonyl (C=O) groups is 1. The van der Waals surface area contributed by atoms with Gasteiger partial charge in [0.25, 0.3) is 0 Å². The smallest absolute Gasteiger partial charge is 0.356 e. The van der Waals surface area contributed by atoms with E-state index in [-0.39, 0.29) is 5.69 Å². The molecule has 0 saturated carbocycles. The molecular formula is C8H8N4O2. The summed E-state index contributed by atoms with van der Waals surface area (Å²) in [5.41, 5.74) is 1.26. The summed E-state index contributed by atoms with van der Waals surface area (Å²) in [5, 5.41) is 19.0. The minimum Gasteiger partial charge on any atom is -0.476 e. The van der Waals surface area contributed by atoms with Gasteiger partial charge in [0, 0.05) is 19.3 Å². The van der Waals surface area contributed by atoms with Crippen LogP contribution in [-0.4, -0.2) is 31.1 Å². The Labute approximate surface area is 79.2 Å². The first kappa shape index (κ1) is 8.49. The largest absolute Gasteiger partial charge is 0.476 e. The zero-order chi connectivity index (χ0) is 10.1. The Kier molecular flexibility index (Phi) is 1.81. The van der Waals surface area contributed by atoms with Gasteiger partial charge in [0.15, 0.2) is 5.69 Å². The van der Waals surface area contributed by atoms with Crippen molar-refractivity contribution in [2.24, 2.45) is 7.05 Å². The van der Waals surface area contributed by atoms with Crippen LogP contribution in [0.1, 0.15) is 10.5 Å². The van der Waals surface area contributed by atoms with Crippen molar-refractivity contribution in [1.29, 1.82) is 0 Å². The predicted molar refractivity (Wildman–Crippen MR) is 47.7 cm³/mol. The molecule has 0 aromatic carbocycles. The number of hydrogen-bond acceptors (Lipinski definition) is 3. The van der Waals surface area contributed by atoms with E-state index in [1.54, 1.807) is 24.0 Å². The molecule has 0 saturated heterocycles. The molecule has 0 amide bonds. The molecule has 0 fully saturated rings. The van der Waals surface area contributed by atoms with E-state index in [1.165, 1.54) is 6.07 Å². The fourth-order valence-electron chi connectivity index (χ4n) is 1.12. The molecule has 2 aromatic heterocycles. The van der Waals surface area contributed by atoms with E-state index >= 15 is 0 Å². The number of carboxylic acids is 1. The van der Waals surface area contributed by atoms with Gasteiger partial charge in [-0.1, -0.05) is 0 Å². The summed E-state index contributed by atoms with van der Waals surface area (Å²) in [5.74, 6) is -1.05. The van der Waals surface area contributed by atoms with Crippen LogP contribution in [0.25, 0.3) is 11.4 Å². The minimum absolute atomic E-state index is 0.00865. The fraction of sp³-hybridized carbons (Fsp3) is 0.125. The van der Waals surface area contributed by atoms with Gasteiger partial charge in [-0.25, -0.2) is 4.79 Å². The van der Waals surface area contributed by atoms with E-state index < -0.39 is 5.97 Å². The van der Waals surface area contributed by atoms with E-state index in [9.17, 15) is 4.79 Å². The number of H-pyrrole nitrogens is 1. The molecule has 14 heavy (non-hydrogen) atoms. The van der Waals surface area contributed by atoms with E-state index in [1.807, 2.05) is 0 Å². The molecule has 0 bridgehead atoms. The van der Waals surface area contributed by atoms with Crippen molar-refractivity contribution in [3.05, 3.63) is 24.0 Å². The maximum Gasteiger partial charge on any atom is 0.356 e. The van der Waals surface area contributed by atoms with Crippen molar-refractivity contribution >= 4 is 5.97 Å². The molecule has 6 nitrogen and oxygen atoms in total. The summed E-state index contributed by atoms with van der Waals surface area (Å²) >= 11 is 0. The second-order valence-corrected chi connectivity index (χ2v) is 2.85. The van der Waals surface area contributed by atoms with E-state index in [2.05, 4.69) is 15.3 Å². The highest BCUT2D eigenvalue weighted by atomic mass is 16.4. The summed E-state index contributed by atoms with van der Waals surface area (Å²) in [7, 11) is 1.79. The van der Waals surface area contributed by atoms with E-state index in [4.69, 9.17) is 5.11 Å². The highest BCUT2D eigenvalue weighted by Crippen LogP contribution is 2.14. The van der Waals surface area contributed by atoms with Crippen molar-refractivity contribution < 1.29 is 9.90 Å². The molecule has 2 N–H and O–H groups in total. The van der Waals surface area contributed by atoms with Gasteiger partial charge in [0.05, 0.1) is 5.69 Å². The number of rotatable bonds is 2. The van der Waals surface area contributed by atoms with Gasteiger partial charge < -0.3 is 5.11 Å². The molecule has 6 heteroatoms. The van der Waals surface area contributed by atoms with Crippen LogP contribution < -0.4 is 0 Å². The van der Waals surface area contributed by atoms with Crippen LogP contribution in [-0.2, 0) is 7.05 Å². The number of hydrogen-bond donors (Lipinski definition) is 2. The summed E-state index contributed by atoms with van der Waals surface area (Å²) in [6, 6.07) is 3.23. The molecular weight excluding hydrogens is 184 g/mol. The lowest BCUT2D eigenvalue weighted by Crippen LogP contribution is -1.95.